The van der Waals surface area contributed by atoms with Crippen LogP contribution in [0.25, 0.3) is 0 Å². The molecule has 11 nitrogen and oxygen atoms in total. The van der Waals surface area contributed by atoms with Crippen LogP contribution >= 0.6 is 0 Å². The highest BCUT2D eigenvalue weighted by Gasteiger charge is 2.16. The van der Waals surface area contributed by atoms with Gasteiger partial charge in [-0.3, -0.25) is 25.7 Å². The summed E-state index contributed by atoms with van der Waals surface area (Å²) >= 11 is 0. The van der Waals surface area contributed by atoms with Gasteiger partial charge in [-0.1, -0.05) is 18.2 Å². The zero-order chi connectivity index (χ0) is 19.9. The maximum Gasteiger partial charge on any atom is 0.433 e. The van der Waals surface area contributed by atoms with Gasteiger partial charge >= 0.3 is 5.88 Å². The number of non-ortho nitro benzene ring substituents is 1. The van der Waals surface area contributed by atoms with Crippen molar-refractivity contribution in [3.8, 4) is 0 Å². The molecule has 0 saturated carbocycles. The van der Waals surface area contributed by atoms with Crippen LogP contribution in [-0.2, 0) is 0 Å². The number of nitrogens with one attached hydrogen (secondary N) is 1. The second kappa shape index (κ2) is 8.31. The zero-order valence-corrected chi connectivity index (χ0v) is 14.1. The molecule has 140 valence electrons. The van der Waals surface area contributed by atoms with Crippen molar-refractivity contribution >= 4 is 28.8 Å². The third kappa shape index (κ3) is 4.60. The molecule has 0 fully saturated rings. The lowest BCUT2D eigenvalue weighted by atomic mass is 10.3. The maximum atomic E-state index is 10.8. The van der Waals surface area contributed by atoms with Crippen molar-refractivity contribution in [3.05, 3.63) is 92.7 Å². The molecule has 0 atom stereocenters. The molecule has 0 saturated heterocycles. The molecule has 0 aliphatic heterocycles. The van der Waals surface area contributed by atoms with Crippen LogP contribution in [0.4, 0.5) is 22.9 Å². The molecule has 0 amide bonds. The van der Waals surface area contributed by atoms with Gasteiger partial charge in [-0.15, -0.1) is 15.3 Å². The van der Waals surface area contributed by atoms with Gasteiger partial charge in [0, 0.05) is 12.1 Å². The predicted octanol–water partition coefficient (Wildman–Crippen LogP) is 4.65. The van der Waals surface area contributed by atoms with Crippen LogP contribution in [0.15, 0.2) is 86.5 Å². The van der Waals surface area contributed by atoms with E-state index >= 15 is 0 Å². The summed E-state index contributed by atoms with van der Waals surface area (Å²) in [7, 11) is 0. The molecule has 0 aliphatic rings. The first-order valence-corrected chi connectivity index (χ1v) is 7.82. The van der Waals surface area contributed by atoms with Gasteiger partial charge in [-0.2, -0.15) is 0 Å². The summed E-state index contributed by atoms with van der Waals surface area (Å²) in [6, 6.07) is 16.9. The Morgan fingerprint density at radius 3 is 2.21 bits per heavy atom. The van der Waals surface area contributed by atoms with Gasteiger partial charge < -0.3 is 4.42 Å². The topological polar surface area (TPSA) is 149 Å². The first-order chi connectivity index (χ1) is 13.5. The van der Waals surface area contributed by atoms with Crippen LogP contribution in [0.1, 0.15) is 5.76 Å². The number of nitro benzene ring substituents is 1. The van der Waals surface area contributed by atoms with Crippen molar-refractivity contribution < 1.29 is 14.3 Å². The van der Waals surface area contributed by atoms with E-state index in [1.165, 1.54) is 36.4 Å². The Labute approximate surface area is 157 Å². The minimum atomic E-state index is -0.681. The van der Waals surface area contributed by atoms with E-state index in [2.05, 4.69) is 20.8 Å². The highest BCUT2D eigenvalue weighted by atomic mass is 16.6. The molecule has 11 heteroatoms. The lowest BCUT2D eigenvalue weighted by molar-refractivity contribution is -0.402. The number of azo groups is 1. The number of hydrogen-bond donors (Lipinski definition) is 1. The fourth-order valence-corrected chi connectivity index (χ4v) is 2.05. The summed E-state index contributed by atoms with van der Waals surface area (Å²) in [6.07, 6.45) is 0. The van der Waals surface area contributed by atoms with Gasteiger partial charge in [0.25, 0.3) is 5.69 Å². The normalized spacial score (nSPS) is 11.5. The molecule has 1 aromatic heterocycles. The molecule has 2 aromatic carbocycles. The number of rotatable bonds is 6. The van der Waals surface area contributed by atoms with Gasteiger partial charge in [0.1, 0.15) is 4.92 Å². The van der Waals surface area contributed by atoms with E-state index in [9.17, 15) is 20.2 Å². The van der Waals surface area contributed by atoms with E-state index in [4.69, 9.17) is 4.42 Å². The van der Waals surface area contributed by atoms with Crippen molar-refractivity contribution in [3.63, 3.8) is 0 Å². The minimum absolute atomic E-state index is 0.0285. The van der Waals surface area contributed by atoms with E-state index in [-0.39, 0.29) is 17.3 Å². The number of amidine groups is 1. The van der Waals surface area contributed by atoms with E-state index in [1.807, 2.05) is 6.07 Å². The zero-order valence-electron chi connectivity index (χ0n) is 14.1. The third-order valence-corrected chi connectivity index (χ3v) is 3.38. The Morgan fingerprint density at radius 2 is 1.61 bits per heavy atom. The lowest BCUT2D eigenvalue weighted by Crippen LogP contribution is -2.00. The summed E-state index contributed by atoms with van der Waals surface area (Å²) in [4.78, 5) is 20.3. The van der Waals surface area contributed by atoms with Crippen molar-refractivity contribution in [1.82, 2.24) is 0 Å². The van der Waals surface area contributed by atoms with Crippen molar-refractivity contribution in [2.45, 2.75) is 0 Å². The molecule has 0 aliphatic carbocycles. The number of hydrazone groups is 1. The van der Waals surface area contributed by atoms with Crippen LogP contribution in [0.2, 0.25) is 0 Å². The number of hydrogen-bond acceptors (Lipinski definition) is 8. The van der Waals surface area contributed by atoms with Gasteiger partial charge in [-0.05, 0) is 30.3 Å². The van der Waals surface area contributed by atoms with Crippen molar-refractivity contribution in [2.75, 3.05) is 5.43 Å². The van der Waals surface area contributed by atoms with Crippen molar-refractivity contribution in [1.29, 1.82) is 0 Å². The molecule has 0 unspecified atom stereocenters. The third-order valence-electron chi connectivity index (χ3n) is 3.38. The fourth-order valence-electron chi connectivity index (χ4n) is 2.05. The Kier molecular flexibility index (Phi) is 5.46. The van der Waals surface area contributed by atoms with E-state index < -0.39 is 15.7 Å². The van der Waals surface area contributed by atoms with Gasteiger partial charge in [0.05, 0.1) is 22.4 Å². The molecule has 3 rings (SSSR count). The van der Waals surface area contributed by atoms with Gasteiger partial charge in [0.2, 0.25) is 5.84 Å². The average Bonchev–Trinajstić information content (AvgIpc) is 3.19. The number of nitrogens with zero attached hydrogens (tertiary/aromatic N) is 5. The van der Waals surface area contributed by atoms with E-state index in [0.717, 1.165) is 0 Å². The van der Waals surface area contributed by atoms with Crippen LogP contribution < -0.4 is 5.43 Å². The molecule has 1 N–H and O–H groups in total. The van der Waals surface area contributed by atoms with Crippen LogP contribution in [-0.4, -0.2) is 15.7 Å². The SMILES string of the molecule is O=[N+]([O-])c1ccc(N=N/C(=N\Nc2ccccc2)c2ccc([N+](=O)[O-])o2)cc1. The summed E-state index contributed by atoms with van der Waals surface area (Å²) in [6.45, 7) is 0. The highest BCUT2D eigenvalue weighted by molar-refractivity contribution is 5.97. The van der Waals surface area contributed by atoms with Crippen LogP contribution in [0.5, 0.6) is 0 Å². The monoisotopic (exact) mass is 380 g/mol. The summed E-state index contributed by atoms with van der Waals surface area (Å²) in [5.41, 5.74) is 3.67. The van der Waals surface area contributed by atoms with Gasteiger partial charge in [0.15, 0.2) is 5.76 Å². The number of furan rings is 1. The Balaban J connectivity index is 1.88. The number of benzene rings is 2. The van der Waals surface area contributed by atoms with Crippen LogP contribution in [0, 0.1) is 20.2 Å². The Bertz CT molecular complexity index is 1040. The largest absolute Gasteiger partial charge is 0.433 e. The molecular formula is C17H12N6O5. The average molecular weight is 380 g/mol. The first kappa shape index (κ1) is 18.4. The predicted molar refractivity (Wildman–Crippen MR) is 99.6 cm³/mol. The summed E-state index contributed by atoms with van der Waals surface area (Å²) in [5, 5.41) is 33.5. The molecule has 1 heterocycles. The quantitative estimate of drug-likeness (QED) is 0.216. The number of nitro groups is 2. The summed E-state index contributed by atoms with van der Waals surface area (Å²) < 4.78 is 5.12. The van der Waals surface area contributed by atoms with Crippen LogP contribution in [0.3, 0.4) is 0 Å². The minimum Gasteiger partial charge on any atom is -0.397 e. The second-order valence-electron chi connectivity index (χ2n) is 5.28. The summed E-state index contributed by atoms with van der Waals surface area (Å²) in [5.74, 6) is -0.482. The molecule has 0 spiro atoms. The number of para-hydroxylation sites is 1. The van der Waals surface area contributed by atoms with E-state index in [0.29, 0.717) is 11.4 Å². The first-order valence-electron chi connectivity index (χ1n) is 7.82. The maximum absolute atomic E-state index is 10.8. The smallest absolute Gasteiger partial charge is 0.397 e. The molecule has 3 aromatic rings. The Hall–Kier alpha value is -4.41. The Morgan fingerprint density at radius 1 is 0.893 bits per heavy atom. The molecule has 28 heavy (non-hydrogen) atoms. The standard InChI is InChI=1S/C17H12N6O5/c24-22(25)14-8-6-13(7-9-14)19-21-17(15-10-11-16(28-15)23(26)27)20-18-12-4-2-1-3-5-12/h1-11,18H/b20-17-,21-19?. The second-order valence-corrected chi connectivity index (χ2v) is 5.28. The van der Waals surface area contributed by atoms with Gasteiger partial charge in [-0.25, -0.2) is 0 Å². The van der Waals surface area contributed by atoms with E-state index in [1.54, 1.807) is 24.3 Å². The molecule has 0 bridgehead atoms. The number of anilines is 1. The molecule has 0 radical (unpaired) electrons. The fraction of sp³-hybridized carbons (Fsp3) is 0. The lowest BCUT2D eigenvalue weighted by Gasteiger charge is -2.00. The van der Waals surface area contributed by atoms with Crippen molar-refractivity contribution in [2.24, 2.45) is 15.3 Å². The highest BCUT2D eigenvalue weighted by Crippen LogP contribution is 2.21. The molecular weight excluding hydrogens is 368 g/mol.